The standard InChI is InChI=1S/C13H20N2O/c1-8(2)10-5-6-11(14)12(9(3)4)13(10)15-7-16/h5-9H,14H2,1-4H3,(H,15,16). The first-order valence-electron chi connectivity index (χ1n) is 5.61. The molecule has 3 N–H and O–H groups in total. The van der Waals surface area contributed by atoms with Crippen molar-refractivity contribution in [1.82, 2.24) is 0 Å². The van der Waals surface area contributed by atoms with Crippen LogP contribution in [0.5, 0.6) is 0 Å². The molecule has 3 nitrogen and oxygen atoms in total. The number of rotatable bonds is 4. The molecule has 0 aromatic heterocycles. The van der Waals surface area contributed by atoms with E-state index in [2.05, 4.69) is 33.0 Å². The van der Waals surface area contributed by atoms with Crippen molar-refractivity contribution in [3.8, 4) is 0 Å². The van der Waals surface area contributed by atoms with Crippen molar-refractivity contribution >= 4 is 17.8 Å². The van der Waals surface area contributed by atoms with E-state index in [4.69, 9.17) is 5.73 Å². The first-order chi connectivity index (χ1) is 7.49. The molecular formula is C13H20N2O. The summed E-state index contributed by atoms with van der Waals surface area (Å²) in [5.74, 6) is 0.654. The van der Waals surface area contributed by atoms with Crippen molar-refractivity contribution in [3.63, 3.8) is 0 Å². The number of carbonyl (C=O) groups is 1. The van der Waals surface area contributed by atoms with Gasteiger partial charge in [0.2, 0.25) is 6.41 Å². The third-order valence-corrected chi connectivity index (χ3v) is 2.71. The SMILES string of the molecule is CC(C)c1ccc(N)c(C(C)C)c1NC=O. The Kier molecular flexibility index (Phi) is 3.93. The molecule has 0 fully saturated rings. The zero-order valence-corrected chi connectivity index (χ0v) is 10.4. The third-order valence-electron chi connectivity index (χ3n) is 2.71. The molecule has 16 heavy (non-hydrogen) atoms. The van der Waals surface area contributed by atoms with Crippen LogP contribution in [0.3, 0.4) is 0 Å². The summed E-state index contributed by atoms with van der Waals surface area (Å²) in [6, 6.07) is 3.90. The first-order valence-corrected chi connectivity index (χ1v) is 5.61. The van der Waals surface area contributed by atoms with Crippen LogP contribution in [0.15, 0.2) is 12.1 Å². The minimum Gasteiger partial charge on any atom is -0.398 e. The lowest BCUT2D eigenvalue weighted by atomic mass is 9.91. The molecule has 3 heteroatoms. The molecule has 0 saturated carbocycles. The molecule has 0 unspecified atom stereocenters. The molecule has 1 aromatic carbocycles. The highest BCUT2D eigenvalue weighted by Crippen LogP contribution is 2.35. The lowest BCUT2D eigenvalue weighted by Crippen LogP contribution is -2.08. The number of hydrogen-bond donors (Lipinski definition) is 2. The summed E-state index contributed by atoms with van der Waals surface area (Å²) < 4.78 is 0. The number of benzene rings is 1. The molecule has 0 aliphatic carbocycles. The maximum atomic E-state index is 10.7. The van der Waals surface area contributed by atoms with Gasteiger partial charge in [-0.25, -0.2) is 0 Å². The van der Waals surface area contributed by atoms with Gasteiger partial charge in [0, 0.05) is 16.9 Å². The second kappa shape index (κ2) is 5.01. The molecule has 0 aliphatic rings. The predicted octanol–water partition coefficient (Wildman–Crippen LogP) is 3.08. The minimum absolute atomic E-state index is 0.293. The summed E-state index contributed by atoms with van der Waals surface area (Å²) in [4.78, 5) is 10.7. The van der Waals surface area contributed by atoms with Crippen molar-refractivity contribution < 1.29 is 4.79 Å². The zero-order valence-electron chi connectivity index (χ0n) is 10.4. The molecule has 0 spiro atoms. The Bertz CT molecular complexity index is 384. The number of carbonyl (C=O) groups excluding carboxylic acids is 1. The summed E-state index contributed by atoms with van der Waals surface area (Å²) in [5.41, 5.74) is 9.74. The number of nitrogens with two attached hydrogens (primary N) is 1. The van der Waals surface area contributed by atoms with E-state index in [1.54, 1.807) is 0 Å². The van der Waals surface area contributed by atoms with E-state index in [0.717, 1.165) is 22.5 Å². The van der Waals surface area contributed by atoms with Gasteiger partial charge in [-0.1, -0.05) is 33.8 Å². The molecule has 1 rings (SSSR count). The van der Waals surface area contributed by atoms with Crippen LogP contribution in [0.2, 0.25) is 0 Å². The molecule has 0 radical (unpaired) electrons. The van der Waals surface area contributed by atoms with Crippen LogP contribution in [0.25, 0.3) is 0 Å². The van der Waals surface area contributed by atoms with Crippen LogP contribution in [0.1, 0.15) is 50.7 Å². The fraction of sp³-hybridized carbons (Fsp3) is 0.462. The number of nitrogen functional groups attached to an aromatic ring is 1. The van der Waals surface area contributed by atoms with E-state index < -0.39 is 0 Å². The Morgan fingerprint density at radius 1 is 1.19 bits per heavy atom. The van der Waals surface area contributed by atoms with Crippen molar-refractivity contribution in [1.29, 1.82) is 0 Å². The molecule has 1 aromatic rings. The van der Waals surface area contributed by atoms with Crippen molar-refractivity contribution in [3.05, 3.63) is 23.3 Å². The molecule has 0 aliphatic heterocycles. The Balaban J connectivity index is 3.42. The van der Waals surface area contributed by atoms with Gasteiger partial charge in [0.1, 0.15) is 0 Å². The molecular weight excluding hydrogens is 200 g/mol. The number of anilines is 2. The zero-order chi connectivity index (χ0) is 12.3. The normalized spacial score (nSPS) is 10.9. The summed E-state index contributed by atoms with van der Waals surface area (Å²) in [6.45, 7) is 8.36. The van der Waals surface area contributed by atoms with Crippen LogP contribution in [0.4, 0.5) is 11.4 Å². The van der Waals surface area contributed by atoms with E-state index in [1.165, 1.54) is 0 Å². The van der Waals surface area contributed by atoms with Crippen molar-refractivity contribution in [2.24, 2.45) is 0 Å². The van der Waals surface area contributed by atoms with Gasteiger partial charge >= 0.3 is 0 Å². The molecule has 0 bridgehead atoms. The summed E-state index contributed by atoms with van der Waals surface area (Å²) in [5, 5.41) is 2.79. The maximum Gasteiger partial charge on any atom is 0.211 e. The molecule has 0 atom stereocenters. The van der Waals surface area contributed by atoms with E-state index in [0.29, 0.717) is 18.2 Å². The van der Waals surface area contributed by atoms with E-state index in [9.17, 15) is 4.79 Å². The van der Waals surface area contributed by atoms with Crippen molar-refractivity contribution in [2.45, 2.75) is 39.5 Å². The van der Waals surface area contributed by atoms with Gasteiger partial charge in [-0.3, -0.25) is 4.79 Å². The average molecular weight is 220 g/mol. The van der Waals surface area contributed by atoms with Gasteiger partial charge in [-0.2, -0.15) is 0 Å². The topological polar surface area (TPSA) is 55.1 Å². The van der Waals surface area contributed by atoms with E-state index in [1.807, 2.05) is 12.1 Å². The van der Waals surface area contributed by atoms with Gasteiger partial charge in [0.25, 0.3) is 0 Å². The lowest BCUT2D eigenvalue weighted by Gasteiger charge is -2.20. The van der Waals surface area contributed by atoms with Crippen LogP contribution >= 0.6 is 0 Å². The van der Waals surface area contributed by atoms with Gasteiger partial charge in [-0.15, -0.1) is 0 Å². The molecule has 1 amide bonds. The fourth-order valence-electron chi connectivity index (χ4n) is 1.98. The Morgan fingerprint density at radius 3 is 2.25 bits per heavy atom. The first kappa shape index (κ1) is 12.6. The monoisotopic (exact) mass is 220 g/mol. The van der Waals surface area contributed by atoms with Crippen molar-refractivity contribution in [2.75, 3.05) is 11.1 Å². The second-order valence-electron chi connectivity index (χ2n) is 4.60. The van der Waals surface area contributed by atoms with Gasteiger partial charge in [0.15, 0.2) is 0 Å². The summed E-state index contributed by atoms with van der Waals surface area (Å²) in [7, 11) is 0. The quantitative estimate of drug-likeness (QED) is 0.605. The molecule has 0 saturated heterocycles. The highest BCUT2D eigenvalue weighted by Gasteiger charge is 2.16. The summed E-state index contributed by atoms with van der Waals surface area (Å²) >= 11 is 0. The predicted molar refractivity (Wildman–Crippen MR) is 68.7 cm³/mol. The van der Waals surface area contributed by atoms with E-state index in [-0.39, 0.29) is 0 Å². The molecule has 0 heterocycles. The van der Waals surface area contributed by atoms with Crippen LogP contribution in [0, 0.1) is 0 Å². The maximum absolute atomic E-state index is 10.7. The van der Waals surface area contributed by atoms with Gasteiger partial charge in [0.05, 0.1) is 0 Å². The highest BCUT2D eigenvalue weighted by atomic mass is 16.1. The average Bonchev–Trinajstić information content (AvgIpc) is 2.17. The van der Waals surface area contributed by atoms with Gasteiger partial charge in [-0.05, 0) is 23.5 Å². The van der Waals surface area contributed by atoms with Crippen LogP contribution in [-0.4, -0.2) is 6.41 Å². The van der Waals surface area contributed by atoms with Crippen LogP contribution in [-0.2, 0) is 4.79 Å². The summed E-state index contributed by atoms with van der Waals surface area (Å²) in [6.07, 6.45) is 0.715. The Hall–Kier alpha value is -1.51. The smallest absolute Gasteiger partial charge is 0.211 e. The third kappa shape index (κ3) is 2.35. The van der Waals surface area contributed by atoms with Crippen LogP contribution < -0.4 is 11.1 Å². The van der Waals surface area contributed by atoms with Gasteiger partial charge < -0.3 is 11.1 Å². The highest BCUT2D eigenvalue weighted by molar-refractivity contribution is 5.80. The number of hydrogen-bond acceptors (Lipinski definition) is 2. The largest absolute Gasteiger partial charge is 0.398 e. The Morgan fingerprint density at radius 2 is 1.81 bits per heavy atom. The fourth-order valence-corrected chi connectivity index (χ4v) is 1.98. The number of nitrogens with one attached hydrogen (secondary N) is 1. The molecule has 88 valence electrons. The number of amides is 1. The lowest BCUT2D eigenvalue weighted by molar-refractivity contribution is -0.105. The second-order valence-corrected chi connectivity index (χ2v) is 4.60. The van der Waals surface area contributed by atoms with E-state index >= 15 is 0 Å². The minimum atomic E-state index is 0.293. The Labute approximate surface area is 97.0 Å².